The summed E-state index contributed by atoms with van der Waals surface area (Å²) in [5.74, 6) is -0.302. The van der Waals surface area contributed by atoms with Gasteiger partial charge in [0.05, 0.1) is 18.8 Å². The fourth-order valence-electron chi connectivity index (χ4n) is 1.43. The highest BCUT2D eigenvalue weighted by molar-refractivity contribution is 5.89. The van der Waals surface area contributed by atoms with Gasteiger partial charge in [-0.1, -0.05) is 12.1 Å². The highest BCUT2D eigenvalue weighted by Crippen LogP contribution is 2.08. The van der Waals surface area contributed by atoms with Crippen LogP contribution in [0.1, 0.15) is 29.3 Å². The van der Waals surface area contributed by atoms with Gasteiger partial charge in [-0.15, -0.1) is 0 Å². The molecule has 0 aliphatic carbocycles. The van der Waals surface area contributed by atoms with Crippen LogP contribution in [0.5, 0.6) is 0 Å². The van der Waals surface area contributed by atoms with Crippen molar-refractivity contribution in [2.45, 2.75) is 19.8 Å². The van der Waals surface area contributed by atoms with E-state index in [0.29, 0.717) is 25.2 Å². The van der Waals surface area contributed by atoms with Crippen LogP contribution < -0.4 is 0 Å². The second kappa shape index (κ2) is 7.44. The van der Waals surface area contributed by atoms with E-state index in [0.717, 1.165) is 18.4 Å². The van der Waals surface area contributed by atoms with E-state index in [-0.39, 0.29) is 5.97 Å². The molecular formula is C13H16O4. The molecule has 0 aromatic heterocycles. The number of hydrogen-bond acceptors (Lipinski definition) is 4. The Morgan fingerprint density at radius 1 is 1.29 bits per heavy atom. The minimum Gasteiger partial charge on any atom is -0.468 e. The minimum atomic E-state index is -0.302. The van der Waals surface area contributed by atoms with Crippen molar-refractivity contribution in [3.05, 3.63) is 35.4 Å². The zero-order chi connectivity index (χ0) is 12.5. The molecule has 0 spiro atoms. The molecular weight excluding hydrogens is 220 g/mol. The van der Waals surface area contributed by atoms with Crippen LogP contribution in [0.3, 0.4) is 0 Å². The average Bonchev–Trinajstić information content (AvgIpc) is 2.36. The molecule has 0 aliphatic rings. The van der Waals surface area contributed by atoms with Crippen LogP contribution >= 0.6 is 0 Å². The van der Waals surface area contributed by atoms with E-state index >= 15 is 0 Å². The lowest BCUT2D eigenvalue weighted by atomic mass is 10.1. The minimum absolute atomic E-state index is 0.302. The normalized spacial score (nSPS) is 9.71. The molecule has 0 unspecified atom stereocenters. The van der Waals surface area contributed by atoms with Crippen molar-refractivity contribution in [2.24, 2.45) is 0 Å². The van der Waals surface area contributed by atoms with Gasteiger partial charge in [-0.3, -0.25) is 4.79 Å². The van der Waals surface area contributed by atoms with Crippen molar-refractivity contribution < 1.29 is 19.1 Å². The van der Waals surface area contributed by atoms with Crippen molar-refractivity contribution in [3.8, 4) is 0 Å². The van der Waals surface area contributed by atoms with E-state index in [1.54, 1.807) is 19.1 Å². The molecule has 0 saturated carbocycles. The third kappa shape index (κ3) is 4.68. The second-order valence-electron chi connectivity index (χ2n) is 3.49. The van der Waals surface area contributed by atoms with Gasteiger partial charge in [0.1, 0.15) is 0 Å². The molecule has 0 fully saturated rings. The molecule has 0 atom stereocenters. The summed E-state index contributed by atoms with van der Waals surface area (Å²) in [5, 5.41) is 0. The van der Waals surface area contributed by atoms with Crippen molar-refractivity contribution in [3.63, 3.8) is 0 Å². The maximum atomic E-state index is 11.4. The highest BCUT2D eigenvalue weighted by atomic mass is 16.5. The Kier molecular flexibility index (Phi) is 5.79. The Bertz CT molecular complexity index is 356. The first kappa shape index (κ1) is 13.2. The molecule has 0 saturated heterocycles. The molecule has 1 aromatic rings. The zero-order valence-electron chi connectivity index (χ0n) is 9.85. The first-order chi connectivity index (χ1) is 8.27. The molecule has 0 amide bonds. The lowest BCUT2D eigenvalue weighted by Crippen LogP contribution is -2.04. The fourth-order valence-corrected chi connectivity index (χ4v) is 1.43. The Morgan fingerprint density at radius 3 is 2.59 bits per heavy atom. The van der Waals surface area contributed by atoms with E-state index < -0.39 is 0 Å². The largest absolute Gasteiger partial charge is 0.468 e. The van der Waals surface area contributed by atoms with Crippen LogP contribution in [0, 0.1) is 0 Å². The third-order valence-corrected chi connectivity index (χ3v) is 2.26. The van der Waals surface area contributed by atoms with Gasteiger partial charge in [-0.05, 0) is 37.5 Å². The molecule has 0 radical (unpaired) electrons. The Balaban J connectivity index is 2.44. The first-order valence-electron chi connectivity index (χ1n) is 5.59. The van der Waals surface area contributed by atoms with Crippen molar-refractivity contribution in [1.82, 2.24) is 0 Å². The predicted molar refractivity (Wildman–Crippen MR) is 62.7 cm³/mol. The maximum absolute atomic E-state index is 11.4. The number of esters is 1. The van der Waals surface area contributed by atoms with Crippen LogP contribution in [-0.4, -0.2) is 25.7 Å². The Hall–Kier alpha value is -1.84. The number of hydrogen-bond donors (Lipinski definition) is 0. The van der Waals surface area contributed by atoms with Gasteiger partial charge in [-0.25, -0.2) is 4.79 Å². The number of rotatable bonds is 7. The van der Waals surface area contributed by atoms with Gasteiger partial charge < -0.3 is 9.47 Å². The van der Waals surface area contributed by atoms with Crippen LogP contribution in [0.2, 0.25) is 0 Å². The van der Waals surface area contributed by atoms with Gasteiger partial charge in [0, 0.05) is 0 Å². The monoisotopic (exact) mass is 236 g/mol. The summed E-state index contributed by atoms with van der Waals surface area (Å²) in [6, 6.07) is 7.25. The molecule has 4 nitrogen and oxygen atoms in total. The molecule has 0 heterocycles. The standard InChI is InChI=1S/C13H16O4/c1-2-17-13(15)12-7-5-11(6-8-12)4-3-9-16-10-14/h5-8,10H,2-4,9H2,1H3. The Morgan fingerprint density at radius 2 is 2.00 bits per heavy atom. The summed E-state index contributed by atoms with van der Waals surface area (Å²) in [4.78, 5) is 21.3. The molecule has 1 aromatic carbocycles. The topological polar surface area (TPSA) is 52.6 Å². The van der Waals surface area contributed by atoms with Crippen molar-refractivity contribution in [2.75, 3.05) is 13.2 Å². The SMILES string of the molecule is CCOC(=O)c1ccc(CCCOC=O)cc1. The molecule has 0 N–H and O–H groups in total. The van der Waals surface area contributed by atoms with E-state index in [2.05, 4.69) is 4.74 Å². The van der Waals surface area contributed by atoms with Gasteiger partial charge in [0.15, 0.2) is 0 Å². The van der Waals surface area contributed by atoms with Crippen LogP contribution in [0.4, 0.5) is 0 Å². The number of ether oxygens (including phenoxy) is 2. The summed E-state index contributed by atoms with van der Waals surface area (Å²) in [6.07, 6.45) is 1.59. The summed E-state index contributed by atoms with van der Waals surface area (Å²) in [7, 11) is 0. The van der Waals surface area contributed by atoms with Crippen LogP contribution in [0.15, 0.2) is 24.3 Å². The number of aryl methyl sites for hydroxylation is 1. The maximum Gasteiger partial charge on any atom is 0.338 e. The van der Waals surface area contributed by atoms with E-state index in [4.69, 9.17) is 4.74 Å². The van der Waals surface area contributed by atoms with Crippen molar-refractivity contribution in [1.29, 1.82) is 0 Å². The smallest absolute Gasteiger partial charge is 0.338 e. The lowest BCUT2D eigenvalue weighted by molar-refractivity contribution is -0.128. The second-order valence-corrected chi connectivity index (χ2v) is 3.49. The molecule has 4 heteroatoms. The highest BCUT2D eigenvalue weighted by Gasteiger charge is 2.05. The Labute approximate surface area is 101 Å². The summed E-state index contributed by atoms with van der Waals surface area (Å²) in [5.41, 5.74) is 1.66. The lowest BCUT2D eigenvalue weighted by Gasteiger charge is -2.04. The first-order valence-corrected chi connectivity index (χ1v) is 5.59. The molecule has 92 valence electrons. The summed E-state index contributed by atoms with van der Waals surface area (Å²) in [6.45, 7) is 3.02. The predicted octanol–water partition coefficient (Wildman–Crippen LogP) is 1.97. The molecule has 17 heavy (non-hydrogen) atoms. The van der Waals surface area contributed by atoms with E-state index in [1.165, 1.54) is 0 Å². The fraction of sp³-hybridized carbons (Fsp3) is 0.385. The van der Waals surface area contributed by atoms with Gasteiger partial charge in [-0.2, -0.15) is 0 Å². The van der Waals surface area contributed by atoms with Gasteiger partial charge in [0.25, 0.3) is 6.47 Å². The number of carbonyl (C=O) groups excluding carboxylic acids is 2. The summed E-state index contributed by atoms with van der Waals surface area (Å²) >= 11 is 0. The van der Waals surface area contributed by atoms with Crippen molar-refractivity contribution >= 4 is 12.4 Å². The molecule has 0 aliphatic heterocycles. The average molecular weight is 236 g/mol. The van der Waals surface area contributed by atoms with Gasteiger partial charge >= 0.3 is 5.97 Å². The molecule has 1 rings (SSSR count). The summed E-state index contributed by atoms with van der Waals surface area (Å²) < 4.78 is 9.48. The zero-order valence-corrected chi connectivity index (χ0v) is 9.85. The third-order valence-electron chi connectivity index (χ3n) is 2.26. The van der Waals surface area contributed by atoms with Gasteiger partial charge in [0.2, 0.25) is 0 Å². The van der Waals surface area contributed by atoms with E-state index in [1.807, 2.05) is 12.1 Å². The van der Waals surface area contributed by atoms with Crippen LogP contribution in [-0.2, 0) is 20.7 Å². The quantitative estimate of drug-likeness (QED) is 0.412. The number of carbonyl (C=O) groups is 2. The van der Waals surface area contributed by atoms with E-state index in [9.17, 15) is 9.59 Å². The van der Waals surface area contributed by atoms with Crippen LogP contribution in [0.25, 0.3) is 0 Å². The molecule has 0 bridgehead atoms. The number of benzene rings is 1.